The van der Waals surface area contributed by atoms with Gasteiger partial charge in [-0.2, -0.15) is 0 Å². The molecule has 0 aliphatic carbocycles. The van der Waals surface area contributed by atoms with Crippen molar-refractivity contribution in [1.29, 1.82) is 0 Å². The molecule has 5 heteroatoms. The van der Waals surface area contributed by atoms with E-state index < -0.39 is 0 Å². The van der Waals surface area contributed by atoms with Crippen LogP contribution in [0.5, 0.6) is 0 Å². The van der Waals surface area contributed by atoms with Gasteiger partial charge in [-0.3, -0.25) is 4.79 Å². The minimum atomic E-state index is -0.329. The van der Waals surface area contributed by atoms with Crippen LogP contribution in [0, 0.1) is 5.41 Å². The Morgan fingerprint density at radius 1 is 1.05 bits per heavy atom. The molecule has 1 aliphatic rings. The number of hydrogen-bond acceptors (Lipinski definition) is 2. The van der Waals surface area contributed by atoms with E-state index in [0.29, 0.717) is 23.1 Å². The molecule has 110 valence electrons. The van der Waals surface area contributed by atoms with Gasteiger partial charge in [0.15, 0.2) is 0 Å². The van der Waals surface area contributed by atoms with E-state index >= 15 is 0 Å². The van der Waals surface area contributed by atoms with Crippen molar-refractivity contribution in [2.45, 2.75) is 20.8 Å². The Labute approximate surface area is 130 Å². The monoisotopic (exact) mass is 314 g/mol. The van der Waals surface area contributed by atoms with Gasteiger partial charge in [-0.15, -0.1) is 0 Å². The quantitative estimate of drug-likeness (QED) is 0.789. The minimum Gasteiger partial charge on any atom is -0.366 e. The first kappa shape index (κ1) is 15.5. The van der Waals surface area contributed by atoms with Crippen LogP contribution in [0.4, 0.5) is 5.69 Å². The number of hydrogen-bond donors (Lipinski definition) is 0. The van der Waals surface area contributed by atoms with Gasteiger partial charge in [0, 0.05) is 31.6 Å². The minimum absolute atomic E-state index is 0.197. The van der Waals surface area contributed by atoms with Crippen molar-refractivity contribution in [2.75, 3.05) is 31.1 Å². The van der Waals surface area contributed by atoms with Crippen molar-refractivity contribution in [2.24, 2.45) is 5.41 Å². The van der Waals surface area contributed by atoms with Crippen LogP contribution in [0.2, 0.25) is 10.0 Å². The molecule has 1 aromatic carbocycles. The van der Waals surface area contributed by atoms with E-state index in [-0.39, 0.29) is 11.3 Å². The third-order valence-electron chi connectivity index (χ3n) is 3.46. The molecule has 1 saturated heterocycles. The number of halogens is 2. The number of amides is 1. The molecule has 1 heterocycles. The largest absolute Gasteiger partial charge is 0.366 e. The summed E-state index contributed by atoms with van der Waals surface area (Å²) in [4.78, 5) is 16.3. The van der Waals surface area contributed by atoms with Crippen LogP contribution in [0.15, 0.2) is 18.2 Å². The summed E-state index contributed by atoms with van der Waals surface area (Å²) in [5.41, 5.74) is 0.545. The number of carbonyl (C=O) groups is 1. The Kier molecular flexibility index (Phi) is 4.50. The highest BCUT2D eigenvalue weighted by Crippen LogP contribution is 2.34. The third-order valence-corrected chi connectivity index (χ3v) is 4.07. The lowest BCUT2D eigenvalue weighted by Crippen LogP contribution is -2.51. The van der Waals surface area contributed by atoms with Gasteiger partial charge in [-0.05, 0) is 12.1 Å². The van der Waals surface area contributed by atoms with Gasteiger partial charge in [0.2, 0.25) is 5.91 Å². The maximum Gasteiger partial charge on any atom is 0.228 e. The second kappa shape index (κ2) is 5.82. The van der Waals surface area contributed by atoms with Gasteiger partial charge in [-0.25, -0.2) is 0 Å². The van der Waals surface area contributed by atoms with Crippen molar-refractivity contribution in [3.05, 3.63) is 28.2 Å². The smallest absolute Gasteiger partial charge is 0.228 e. The summed E-state index contributed by atoms with van der Waals surface area (Å²) in [6.45, 7) is 8.78. The van der Waals surface area contributed by atoms with Gasteiger partial charge < -0.3 is 9.80 Å². The number of carbonyl (C=O) groups excluding carboxylic acids is 1. The van der Waals surface area contributed by atoms with E-state index in [1.165, 1.54) is 0 Å². The Bertz CT molecular complexity index is 483. The van der Waals surface area contributed by atoms with Crippen LogP contribution in [0.1, 0.15) is 20.8 Å². The zero-order valence-corrected chi connectivity index (χ0v) is 13.6. The van der Waals surface area contributed by atoms with Crippen molar-refractivity contribution >= 4 is 34.8 Å². The average molecular weight is 315 g/mol. The van der Waals surface area contributed by atoms with E-state index in [2.05, 4.69) is 4.90 Å². The first-order valence-corrected chi connectivity index (χ1v) is 7.54. The summed E-state index contributed by atoms with van der Waals surface area (Å²) in [5, 5.41) is 1.32. The Balaban J connectivity index is 2.07. The first-order valence-electron chi connectivity index (χ1n) is 6.79. The molecule has 0 spiro atoms. The maximum atomic E-state index is 12.3. The molecule has 0 aromatic heterocycles. The first-order chi connectivity index (χ1) is 9.30. The van der Waals surface area contributed by atoms with Crippen molar-refractivity contribution in [1.82, 2.24) is 4.90 Å². The molecule has 3 nitrogen and oxygen atoms in total. The van der Waals surface area contributed by atoms with Crippen molar-refractivity contribution in [3.8, 4) is 0 Å². The van der Waals surface area contributed by atoms with Crippen LogP contribution in [0.3, 0.4) is 0 Å². The number of piperazine rings is 1. The molecule has 0 saturated carbocycles. The molecule has 0 N–H and O–H groups in total. The fourth-order valence-corrected chi connectivity index (χ4v) is 3.04. The standard InChI is InChI=1S/C15H20Cl2N2O/c1-15(2,3)14(20)19-9-7-18(8-10-19)13-11(16)5-4-6-12(13)17/h4-6H,7-10H2,1-3H3. The highest BCUT2D eigenvalue weighted by Gasteiger charge is 2.30. The summed E-state index contributed by atoms with van der Waals surface area (Å²) in [6, 6.07) is 5.53. The van der Waals surface area contributed by atoms with E-state index in [1.807, 2.05) is 43.9 Å². The highest BCUT2D eigenvalue weighted by atomic mass is 35.5. The van der Waals surface area contributed by atoms with Crippen LogP contribution in [-0.2, 0) is 4.79 Å². The van der Waals surface area contributed by atoms with Gasteiger partial charge in [0.05, 0.1) is 15.7 Å². The average Bonchev–Trinajstić information content (AvgIpc) is 2.37. The number of benzene rings is 1. The molecule has 0 radical (unpaired) electrons. The maximum absolute atomic E-state index is 12.3. The molecule has 0 bridgehead atoms. The van der Waals surface area contributed by atoms with Gasteiger partial charge in [0.25, 0.3) is 0 Å². The van der Waals surface area contributed by atoms with Gasteiger partial charge in [-0.1, -0.05) is 50.0 Å². The highest BCUT2D eigenvalue weighted by molar-refractivity contribution is 6.39. The van der Waals surface area contributed by atoms with Crippen molar-refractivity contribution in [3.63, 3.8) is 0 Å². The molecular formula is C15H20Cl2N2O. The number of rotatable bonds is 1. The topological polar surface area (TPSA) is 23.6 Å². The molecule has 1 aliphatic heterocycles. The van der Waals surface area contributed by atoms with Gasteiger partial charge >= 0.3 is 0 Å². The summed E-state index contributed by atoms with van der Waals surface area (Å²) in [5.74, 6) is 0.197. The third kappa shape index (κ3) is 3.21. The Morgan fingerprint density at radius 3 is 2.00 bits per heavy atom. The van der Waals surface area contributed by atoms with E-state index in [0.717, 1.165) is 18.8 Å². The lowest BCUT2D eigenvalue weighted by molar-refractivity contribution is -0.139. The Morgan fingerprint density at radius 2 is 1.55 bits per heavy atom. The fourth-order valence-electron chi connectivity index (χ4n) is 2.40. The molecule has 1 aromatic rings. The zero-order valence-electron chi connectivity index (χ0n) is 12.1. The Hall–Kier alpha value is -0.930. The predicted molar refractivity (Wildman–Crippen MR) is 84.7 cm³/mol. The summed E-state index contributed by atoms with van der Waals surface area (Å²) >= 11 is 12.5. The van der Waals surface area contributed by atoms with Crippen LogP contribution in [-0.4, -0.2) is 37.0 Å². The number of anilines is 1. The second-order valence-corrected chi connectivity index (χ2v) is 6.91. The summed E-state index contributed by atoms with van der Waals surface area (Å²) in [7, 11) is 0. The van der Waals surface area contributed by atoms with E-state index in [4.69, 9.17) is 23.2 Å². The number of para-hydroxylation sites is 1. The van der Waals surface area contributed by atoms with E-state index in [9.17, 15) is 4.79 Å². The lowest BCUT2D eigenvalue weighted by atomic mass is 9.94. The summed E-state index contributed by atoms with van der Waals surface area (Å²) < 4.78 is 0. The predicted octanol–water partition coefficient (Wildman–Crippen LogP) is 3.69. The molecular weight excluding hydrogens is 295 g/mol. The van der Waals surface area contributed by atoms with Crippen molar-refractivity contribution < 1.29 is 4.79 Å². The fraction of sp³-hybridized carbons (Fsp3) is 0.533. The SMILES string of the molecule is CC(C)(C)C(=O)N1CCN(c2c(Cl)cccc2Cl)CC1. The summed E-state index contributed by atoms with van der Waals surface area (Å²) in [6.07, 6.45) is 0. The molecule has 0 unspecified atom stereocenters. The van der Waals surface area contributed by atoms with E-state index in [1.54, 1.807) is 0 Å². The number of nitrogens with zero attached hydrogens (tertiary/aromatic N) is 2. The molecule has 0 atom stereocenters. The van der Waals surface area contributed by atoms with Crippen LogP contribution >= 0.6 is 23.2 Å². The second-order valence-electron chi connectivity index (χ2n) is 6.10. The molecule has 20 heavy (non-hydrogen) atoms. The van der Waals surface area contributed by atoms with Crippen LogP contribution < -0.4 is 4.90 Å². The zero-order chi connectivity index (χ0) is 14.9. The normalized spacial score (nSPS) is 16.4. The lowest BCUT2D eigenvalue weighted by Gasteiger charge is -2.39. The van der Waals surface area contributed by atoms with Gasteiger partial charge in [0.1, 0.15) is 0 Å². The molecule has 1 amide bonds. The molecule has 2 rings (SSSR count). The van der Waals surface area contributed by atoms with Crippen LogP contribution in [0.25, 0.3) is 0 Å². The molecule has 1 fully saturated rings.